The van der Waals surface area contributed by atoms with Crippen molar-refractivity contribution in [3.05, 3.63) is 29.8 Å². The van der Waals surface area contributed by atoms with Crippen molar-refractivity contribution in [2.75, 3.05) is 62.7 Å². The molecule has 34 heavy (non-hydrogen) atoms. The molecule has 0 N–H and O–H groups in total. The van der Waals surface area contributed by atoms with Gasteiger partial charge in [-0.1, -0.05) is 33.8 Å². The molecule has 2 aliphatic heterocycles. The molecule has 0 saturated carbocycles. The highest BCUT2D eigenvalue weighted by Gasteiger charge is 2.29. The molecule has 0 radical (unpaired) electrons. The van der Waals surface area contributed by atoms with E-state index < -0.39 is 0 Å². The van der Waals surface area contributed by atoms with Crippen LogP contribution in [-0.4, -0.2) is 63.9 Å². The molecule has 1 aromatic rings. The van der Waals surface area contributed by atoms with Crippen LogP contribution >= 0.6 is 12.4 Å². The average molecular weight is 490 g/mol. The second kappa shape index (κ2) is 12.1. The molecule has 0 bridgehead atoms. The van der Waals surface area contributed by atoms with E-state index in [1.54, 1.807) is 5.57 Å². The predicted molar refractivity (Wildman–Crippen MR) is 150 cm³/mol. The van der Waals surface area contributed by atoms with Crippen LogP contribution in [0.5, 0.6) is 0 Å². The summed E-state index contributed by atoms with van der Waals surface area (Å²) in [5.74, 6) is 0.790. The van der Waals surface area contributed by atoms with Crippen molar-refractivity contribution in [3.63, 3.8) is 0 Å². The Morgan fingerprint density at radius 2 is 1.65 bits per heavy atom. The number of rotatable bonds is 6. The van der Waals surface area contributed by atoms with Gasteiger partial charge in [-0.2, -0.15) is 0 Å². The Morgan fingerprint density at radius 3 is 2.21 bits per heavy atom. The van der Waals surface area contributed by atoms with Crippen LogP contribution in [-0.2, 0) is 4.74 Å². The highest BCUT2D eigenvalue weighted by molar-refractivity contribution is 5.85. The highest BCUT2D eigenvalue weighted by Crippen LogP contribution is 2.42. The van der Waals surface area contributed by atoms with Crippen LogP contribution in [0.15, 0.2) is 24.3 Å². The fraction of sp³-hybridized carbons (Fsp3) is 0.724. The Kier molecular flexibility index (Phi) is 9.77. The zero-order valence-corrected chi connectivity index (χ0v) is 23.1. The van der Waals surface area contributed by atoms with Gasteiger partial charge in [-0.05, 0) is 80.2 Å². The fourth-order valence-electron chi connectivity index (χ4n) is 6.00. The van der Waals surface area contributed by atoms with E-state index in [1.807, 2.05) is 7.11 Å². The lowest BCUT2D eigenvalue weighted by atomic mass is 9.72. The van der Waals surface area contributed by atoms with Crippen LogP contribution < -0.4 is 9.80 Å². The number of piperidine rings is 1. The third-order valence-electron chi connectivity index (χ3n) is 8.36. The van der Waals surface area contributed by atoms with Crippen LogP contribution in [0.2, 0.25) is 0 Å². The standard InChI is InChI=1S/C29H47N3O.ClH/c1-6-15-30-18-20-32(21-19-30)28-12-11-25(31-16-13-26(33-5)14-17-31)22-27(28)23-7-9-24(10-8-23)29(2,3)4;/h7,11-12,22,24,26H,6,8-10,13-21H2,1-5H3;1H. The first-order valence-corrected chi connectivity index (χ1v) is 13.5. The summed E-state index contributed by atoms with van der Waals surface area (Å²) in [6.07, 6.45) is 10.2. The van der Waals surface area contributed by atoms with Crippen molar-refractivity contribution in [2.24, 2.45) is 11.3 Å². The molecule has 0 spiro atoms. The van der Waals surface area contributed by atoms with Crippen molar-refractivity contribution in [1.29, 1.82) is 0 Å². The van der Waals surface area contributed by atoms with Gasteiger partial charge in [0.15, 0.2) is 0 Å². The minimum Gasteiger partial charge on any atom is -0.381 e. The summed E-state index contributed by atoms with van der Waals surface area (Å²) < 4.78 is 5.61. The van der Waals surface area contributed by atoms with E-state index in [9.17, 15) is 0 Å². The summed E-state index contributed by atoms with van der Waals surface area (Å²) >= 11 is 0. The third-order valence-corrected chi connectivity index (χ3v) is 8.36. The van der Waals surface area contributed by atoms with Crippen molar-refractivity contribution < 1.29 is 4.74 Å². The molecule has 0 aromatic heterocycles. The monoisotopic (exact) mass is 489 g/mol. The zero-order valence-electron chi connectivity index (χ0n) is 22.3. The lowest BCUT2D eigenvalue weighted by Gasteiger charge is -2.39. The molecular formula is C29H48ClN3O. The summed E-state index contributed by atoms with van der Waals surface area (Å²) in [6.45, 7) is 17.6. The molecule has 1 unspecified atom stereocenters. The number of hydrogen-bond acceptors (Lipinski definition) is 4. The van der Waals surface area contributed by atoms with Gasteiger partial charge in [-0.25, -0.2) is 0 Å². The smallest absolute Gasteiger partial charge is 0.0605 e. The molecule has 2 heterocycles. The molecule has 1 aromatic carbocycles. The van der Waals surface area contributed by atoms with Crippen molar-refractivity contribution in [2.45, 2.75) is 72.3 Å². The fourth-order valence-corrected chi connectivity index (χ4v) is 6.00. The summed E-state index contributed by atoms with van der Waals surface area (Å²) in [5, 5.41) is 0. The van der Waals surface area contributed by atoms with E-state index >= 15 is 0 Å². The molecule has 4 rings (SSSR count). The summed E-state index contributed by atoms with van der Waals surface area (Å²) in [7, 11) is 1.86. The van der Waals surface area contributed by atoms with Gasteiger partial charge in [0.05, 0.1) is 6.10 Å². The van der Waals surface area contributed by atoms with Crippen LogP contribution in [0.25, 0.3) is 5.57 Å². The summed E-state index contributed by atoms with van der Waals surface area (Å²) in [4.78, 5) is 7.85. The number of ether oxygens (including phenoxy) is 1. The van der Waals surface area contributed by atoms with Crippen molar-refractivity contribution >= 4 is 29.4 Å². The zero-order chi connectivity index (χ0) is 23.4. The molecule has 192 valence electrons. The quantitative estimate of drug-likeness (QED) is 0.454. The van der Waals surface area contributed by atoms with Crippen LogP contribution in [0.3, 0.4) is 0 Å². The number of benzene rings is 1. The van der Waals surface area contributed by atoms with Crippen LogP contribution in [0.1, 0.15) is 71.8 Å². The summed E-state index contributed by atoms with van der Waals surface area (Å²) in [5.41, 5.74) is 6.33. The third kappa shape index (κ3) is 6.50. The average Bonchev–Trinajstić information content (AvgIpc) is 2.84. The molecule has 2 saturated heterocycles. The van der Waals surface area contributed by atoms with Gasteiger partial charge in [-0.3, -0.25) is 4.90 Å². The lowest BCUT2D eigenvalue weighted by Crippen LogP contribution is -2.46. The van der Waals surface area contributed by atoms with E-state index in [-0.39, 0.29) is 12.4 Å². The minimum atomic E-state index is 0. The molecule has 4 nitrogen and oxygen atoms in total. The van der Waals surface area contributed by atoms with Crippen molar-refractivity contribution in [3.8, 4) is 0 Å². The molecule has 3 aliphatic rings. The number of piperazine rings is 1. The summed E-state index contributed by atoms with van der Waals surface area (Å²) in [6, 6.07) is 7.33. The number of halogens is 1. The topological polar surface area (TPSA) is 19.0 Å². The Balaban J connectivity index is 0.00000324. The second-order valence-corrected chi connectivity index (χ2v) is 11.5. The Labute approximate surface area is 215 Å². The SMILES string of the molecule is CCCN1CCN(c2ccc(N3CCC(OC)CC3)cc2C2=CCC(C(C)(C)C)CC2)CC1.Cl. The molecule has 1 atom stereocenters. The van der Waals surface area contributed by atoms with Gasteiger partial charge in [0.2, 0.25) is 0 Å². The molecular weight excluding hydrogens is 442 g/mol. The van der Waals surface area contributed by atoms with Gasteiger partial charge in [0.1, 0.15) is 0 Å². The minimum absolute atomic E-state index is 0. The van der Waals surface area contributed by atoms with Crippen molar-refractivity contribution in [1.82, 2.24) is 4.90 Å². The second-order valence-electron chi connectivity index (χ2n) is 11.5. The lowest BCUT2D eigenvalue weighted by molar-refractivity contribution is 0.0819. The largest absolute Gasteiger partial charge is 0.381 e. The normalized spacial score (nSPS) is 23.0. The highest BCUT2D eigenvalue weighted by atomic mass is 35.5. The predicted octanol–water partition coefficient (Wildman–Crippen LogP) is 6.49. The maximum atomic E-state index is 5.61. The first kappa shape index (κ1) is 27.4. The first-order chi connectivity index (χ1) is 15.9. The number of anilines is 2. The number of nitrogens with zero attached hydrogens (tertiary/aromatic N) is 3. The molecule has 5 heteroatoms. The van der Waals surface area contributed by atoms with E-state index in [0.717, 1.165) is 44.9 Å². The Hall–Kier alpha value is -1.23. The molecule has 1 aliphatic carbocycles. The number of allylic oxidation sites excluding steroid dienone is 2. The van der Waals surface area contributed by atoms with E-state index in [4.69, 9.17) is 4.74 Å². The van der Waals surface area contributed by atoms with Gasteiger partial charge < -0.3 is 14.5 Å². The maximum absolute atomic E-state index is 5.61. The van der Waals surface area contributed by atoms with E-state index in [2.05, 4.69) is 66.7 Å². The van der Waals surface area contributed by atoms with Gasteiger partial charge in [-0.15, -0.1) is 12.4 Å². The Bertz CT molecular complexity index is 802. The first-order valence-electron chi connectivity index (χ1n) is 13.5. The molecule has 2 fully saturated rings. The van der Waals surface area contributed by atoms with Gasteiger partial charge in [0.25, 0.3) is 0 Å². The Morgan fingerprint density at radius 1 is 0.941 bits per heavy atom. The number of hydrogen-bond donors (Lipinski definition) is 0. The van der Waals surface area contributed by atoms with E-state index in [1.165, 1.54) is 62.3 Å². The maximum Gasteiger partial charge on any atom is 0.0605 e. The molecule has 0 amide bonds. The van der Waals surface area contributed by atoms with Crippen LogP contribution in [0, 0.1) is 11.3 Å². The number of methoxy groups -OCH3 is 1. The van der Waals surface area contributed by atoms with Crippen LogP contribution in [0.4, 0.5) is 11.4 Å². The van der Waals surface area contributed by atoms with Gasteiger partial charge >= 0.3 is 0 Å². The van der Waals surface area contributed by atoms with E-state index in [0.29, 0.717) is 11.5 Å². The van der Waals surface area contributed by atoms with Gasteiger partial charge in [0, 0.05) is 63.3 Å².